The summed E-state index contributed by atoms with van der Waals surface area (Å²) in [5.74, 6) is 0. The van der Waals surface area contributed by atoms with Gasteiger partial charge in [0.2, 0.25) is 0 Å². The van der Waals surface area contributed by atoms with Gasteiger partial charge in [0, 0.05) is 0 Å². The molecule has 0 aromatic heterocycles. The van der Waals surface area contributed by atoms with Gasteiger partial charge in [0.05, 0.1) is 0 Å². The fourth-order valence-corrected chi connectivity index (χ4v) is 8.58. The van der Waals surface area contributed by atoms with Crippen molar-refractivity contribution in [2.75, 3.05) is 6.16 Å². The van der Waals surface area contributed by atoms with Crippen LogP contribution in [0.25, 0.3) is 0 Å². The molecule has 0 aliphatic carbocycles. The van der Waals surface area contributed by atoms with Crippen molar-refractivity contribution >= 4 is 30.4 Å². The topological polar surface area (TPSA) is 0 Å². The van der Waals surface area contributed by atoms with E-state index < -0.39 is 14.5 Å². The number of benzene rings is 3. The van der Waals surface area contributed by atoms with Crippen molar-refractivity contribution in [3.05, 3.63) is 91.0 Å². The van der Waals surface area contributed by atoms with Gasteiger partial charge in [-0.15, -0.1) is 0 Å². The van der Waals surface area contributed by atoms with Crippen LogP contribution in [0.5, 0.6) is 0 Å². The second-order valence-electron chi connectivity index (χ2n) is 6.60. The molecule has 0 bridgehead atoms. The van der Waals surface area contributed by atoms with E-state index in [1.165, 1.54) is 34.9 Å². The quantitative estimate of drug-likeness (QED) is 0.275. The molecule has 0 nitrogen and oxygen atoms in total. The monoisotopic (exact) mass is 407 g/mol. The van der Waals surface area contributed by atoms with Crippen LogP contribution in [0, 0.1) is 0 Å². The van der Waals surface area contributed by atoms with Crippen LogP contribution < -0.4 is 15.9 Å². The standard InChI is InChI=1S/C22H25P.BF4/c1-2-3-19-23(20-13-7-4-8-14-20,21-15-9-5-10-16-21)22-17-11-6-12-18-22;2-1(3,4)5/h4-18,23H,2-3,19H2,1H3;/q;-1. The summed E-state index contributed by atoms with van der Waals surface area (Å²) in [5, 5.41) is 4.56. The molecule has 3 aromatic carbocycles. The van der Waals surface area contributed by atoms with Crippen molar-refractivity contribution in [1.82, 2.24) is 0 Å². The van der Waals surface area contributed by atoms with E-state index in [0.29, 0.717) is 0 Å². The molecule has 0 unspecified atom stereocenters. The maximum Gasteiger partial charge on any atom is 0.673 e. The van der Waals surface area contributed by atoms with E-state index in [2.05, 4.69) is 97.9 Å². The molecule has 0 saturated carbocycles. The summed E-state index contributed by atoms with van der Waals surface area (Å²) >= 11 is 0. The van der Waals surface area contributed by atoms with Gasteiger partial charge in [-0.2, -0.15) is 0 Å². The molecule has 6 heteroatoms. The second kappa shape index (κ2) is 10.4. The molecule has 3 aromatic rings. The summed E-state index contributed by atoms with van der Waals surface area (Å²) in [4.78, 5) is 0. The largest absolute Gasteiger partial charge is 0.673 e. The third-order valence-corrected chi connectivity index (χ3v) is 9.77. The van der Waals surface area contributed by atoms with Gasteiger partial charge in [-0.1, -0.05) is 0 Å². The first-order valence-corrected chi connectivity index (χ1v) is 11.6. The van der Waals surface area contributed by atoms with Crippen molar-refractivity contribution in [2.24, 2.45) is 0 Å². The summed E-state index contributed by atoms with van der Waals surface area (Å²) in [5.41, 5.74) is 0. The average molecular weight is 407 g/mol. The Morgan fingerprint density at radius 3 is 1.14 bits per heavy atom. The van der Waals surface area contributed by atoms with E-state index in [-0.39, 0.29) is 0 Å². The van der Waals surface area contributed by atoms with Gasteiger partial charge in [0.1, 0.15) is 0 Å². The Balaban J connectivity index is 0.000000500. The van der Waals surface area contributed by atoms with Crippen LogP contribution in [0.3, 0.4) is 0 Å². The number of hydrogen-bond donors (Lipinski definition) is 0. The Morgan fingerprint density at radius 1 is 0.607 bits per heavy atom. The summed E-state index contributed by atoms with van der Waals surface area (Å²) < 4.78 is 39.0. The molecule has 0 atom stereocenters. The predicted molar refractivity (Wildman–Crippen MR) is 117 cm³/mol. The summed E-state index contributed by atoms with van der Waals surface area (Å²) in [7, 11) is -7.94. The Hall–Kier alpha value is -2.13. The molecule has 150 valence electrons. The average Bonchev–Trinajstić information content (AvgIpc) is 2.70. The third kappa shape index (κ3) is 6.20. The zero-order chi connectivity index (χ0) is 20.5. The zero-order valence-electron chi connectivity index (χ0n) is 15.9. The Bertz CT molecular complexity index is 706. The Morgan fingerprint density at radius 2 is 0.893 bits per heavy atom. The Labute approximate surface area is 165 Å². The molecular formula is C22H25BF4P-. The minimum atomic E-state index is -6.00. The van der Waals surface area contributed by atoms with E-state index in [1.807, 2.05) is 0 Å². The number of halogens is 4. The van der Waals surface area contributed by atoms with E-state index in [1.54, 1.807) is 0 Å². The van der Waals surface area contributed by atoms with Gasteiger partial charge in [0.15, 0.2) is 0 Å². The van der Waals surface area contributed by atoms with Gasteiger partial charge in [0.25, 0.3) is 0 Å². The second-order valence-corrected chi connectivity index (χ2v) is 10.6. The zero-order valence-corrected chi connectivity index (χ0v) is 16.9. The fourth-order valence-electron chi connectivity index (χ4n) is 3.54. The molecule has 0 aliphatic heterocycles. The van der Waals surface area contributed by atoms with Crippen LogP contribution in [-0.2, 0) is 0 Å². The first kappa shape index (κ1) is 22.2. The van der Waals surface area contributed by atoms with Gasteiger partial charge in [-0.25, -0.2) is 0 Å². The molecule has 0 heterocycles. The Kier molecular flexibility index (Phi) is 8.26. The smallest absolute Gasteiger partial charge is 0.418 e. The van der Waals surface area contributed by atoms with Crippen molar-refractivity contribution in [1.29, 1.82) is 0 Å². The molecule has 0 aliphatic rings. The SMILES string of the molecule is CCCC[PH](c1ccccc1)(c1ccccc1)c1ccccc1.F[B-](F)(F)F. The molecule has 0 saturated heterocycles. The maximum absolute atomic E-state index is 9.75. The van der Waals surface area contributed by atoms with Crippen molar-refractivity contribution in [3.8, 4) is 0 Å². The molecule has 0 amide bonds. The van der Waals surface area contributed by atoms with E-state index in [9.17, 15) is 17.3 Å². The summed E-state index contributed by atoms with van der Waals surface area (Å²) in [6.07, 6.45) is 3.77. The molecule has 0 N–H and O–H groups in total. The summed E-state index contributed by atoms with van der Waals surface area (Å²) in [6.45, 7) is 2.29. The molecule has 0 spiro atoms. The molecule has 0 radical (unpaired) electrons. The molecule has 3 rings (SSSR count). The van der Waals surface area contributed by atoms with Gasteiger partial charge < -0.3 is 17.3 Å². The van der Waals surface area contributed by atoms with Crippen LogP contribution in [0.4, 0.5) is 17.3 Å². The van der Waals surface area contributed by atoms with Crippen LogP contribution in [-0.4, -0.2) is 13.4 Å². The van der Waals surface area contributed by atoms with Crippen LogP contribution >= 0.6 is 7.26 Å². The molecule has 0 fully saturated rings. The van der Waals surface area contributed by atoms with Gasteiger partial charge in [-0.3, -0.25) is 0 Å². The predicted octanol–water partition coefficient (Wildman–Crippen LogP) is 5.81. The maximum atomic E-state index is 9.75. The van der Waals surface area contributed by atoms with Gasteiger partial charge >= 0.3 is 147 Å². The minimum absolute atomic E-state index is 1.24. The fraction of sp³-hybridized carbons (Fsp3) is 0.182. The molecule has 28 heavy (non-hydrogen) atoms. The number of rotatable bonds is 6. The van der Waals surface area contributed by atoms with Crippen LogP contribution in [0.1, 0.15) is 19.8 Å². The van der Waals surface area contributed by atoms with Crippen molar-refractivity contribution < 1.29 is 17.3 Å². The summed E-state index contributed by atoms with van der Waals surface area (Å²) in [6, 6.07) is 33.5. The first-order valence-electron chi connectivity index (χ1n) is 9.42. The number of unbranched alkanes of at least 4 members (excludes halogenated alkanes) is 1. The number of hydrogen-bond acceptors (Lipinski definition) is 0. The molecular weight excluding hydrogens is 382 g/mol. The van der Waals surface area contributed by atoms with Crippen LogP contribution in [0.15, 0.2) is 91.0 Å². The minimum Gasteiger partial charge on any atom is -0.418 e. The van der Waals surface area contributed by atoms with E-state index in [4.69, 9.17) is 0 Å². The third-order valence-electron chi connectivity index (χ3n) is 4.71. The van der Waals surface area contributed by atoms with Crippen molar-refractivity contribution in [3.63, 3.8) is 0 Å². The first-order chi connectivity index (χ1) is 13.4. The van der Waals surface area contributed by atoms with E-state index in [0.717, 1.165) is 0 Å². The normalized spacial score (nSPS) is 12.0. The van der Waals surface area contributed by atoms with E-state index >= 15 is 0 Å². The van der Waals surface area contributed by atoms with Crippen molar-refractivity contribution in [2.45, 2.75) is 19.8 Å². The van der Waals surface area contributed by atoms with Crippen LogP contribution in [0.2, 0.25) is 0 Å². The van der Waals surface area contributed by atoms with Gasteiger partial charge in [-0.05, 0) is 0 Å².